The third-order valence-electron chi connectivity index (χ3n) is 2.65. The van der Waals surface area contributed by atoms with Gasteiger partial charge in [-0.25, -0.2) is 0 Å². The topological polar surface area (TPSA) is 26.3 Å². The number of carbonyl (C=O) groups excluding carboxylic acids is 1. The molecule has 0 bridgehead atoms. The molecule has 2 nitrogen and oxygen atoms in total. The van der Waals surface area contributed by atoms with E-state index < -0.39 is 0 Å². The molecule has 18 heavy (non-hydrogen) atoms. The lowest BCUT2D eigenvalue weighted by Gasteiger charge is -2.06. The van der Waals surface area contributed by atoms with Crippen molar-refractivity contribution in [1.82, 2.24) is 0 Å². The van der Waals surface area contributed by atoms with Crippen LogP contribution in [0.5, 0.6) is 5.75 Å². The molecule has 0 spiro atoms. The second-order valence-corrected chi connectivity index (χ2v) is 5.73. The SMILES string of the molecule is COc1ccc(Br)c(C(=O)CCc2cccs2)c1. The Labute approximate surface area is 119 Å². The first-order chi connectivity index (χ1) is 8.70. The minimum Gasteiger partial charge on any atom is -0.497 e. The molecule has 0 aliphatic carbocycles. The summed E-state index contributed by atoms with van der Waals surface area (Å²) in [7, 11) is 1.60. The van der Waals surface area contributed by atoms with Crippen molar-refractivity contribution < 1.29 is 9.53 Å². The number of benzene rings is 1. The molecule has 1 aromatic carbocycles. The Morgan fingerprint density at radius 1 is 1.39 bits per heavy atom. The quantitative estimate of drug-likeness (QED) is 0.765. The van der Waals surface area contributed by atoms with Crippen molar-refractivity contribution in [2.24, 2.45) is 0 Å². The van der Waals surface area contributed by atoms with Crippen molar-refractivity contribution in [3.63, 3.8) is 0 Å². The number of halogens is 1. The molecule has 0 aliphatic rings. The van der Waals surface area contributed by atoms with E-state index in [1.54, 1.807) is 24.5 Å². The Morgan fingerprint density at radius 3 is 2.89 bits per heavy atom. The highest BCUT2D eigenvalue weighted by molar-refractivity contribution is 9.10. The fourth-order valence-corrected chi connectivity index (χ4v) is 2.85. The van der Waals surface area contributed by atoms with E-state index in [4.69, 9.17) is 4.74 Å². The number of rotatable bonds is 5. The number of hydrogen-bond acceptors (Lipinski definition) is 3. The Hall–Kier alpha value is -1.13. The number of ether oxygens (including phenoxy) is 1. The van der Waals surface area contributed by atoms with Gasteiger partial charge >= 0.3 is 0 Å². The van der Waals surface area contributed by atoms with Gasteiger partial charge < -0.3 is 4.74 Å². The average Bonchev–Trinajstić information content (AvgIpc) is 2.89. The molecular weight excluding hydrogens is 312 g/mol. The molecule has 0 amide bonds. The summed E-state index contributed by atoms with van der Waals surface area (Å²) in [5, 5.41) is 2.03. The van der Waals surface area contributed by atoms with Gasteiger partial charge in [0.1, 0.15) is 5.75 Å². The molecule has 94 valence electrons. The lowest BCUT2D eigenvalue weighted by molar-refractivity contribution is 0.0982. The van der Waals surface area contributed by atoms with Crippen LogP contribution in [0.4, 0.5) is 0 Å². The van der Waals surface area contributed by atoms with Crippen LogP contribution in [0.3, 0.4) is 0 Å². The number of Topliss-reactive ketones (excluding diaryl/α,β-unsaturated/α-hetero) is 1. The van der Waals surface area contributed by atoms with E-state index in [0.717, 1.165) is 10.9 Å². The highest BCUT2D eigenvalue weighted by Crippen LogP contribution is 2.24. The van der Waals surface area contributed by atoms with Gasteiger partial charge in [-0.1, -0.05) is 22.0 Å². The van der Waals surface area contributed by atoms with Crippen molar-refractivity contribution in [1.29, 1.82) is 0 Å². The minimum absolute atomic E-state index is 0.133. The van der Waals surface area contributed by atoms with E-state index in [1.165, 1.54) is 4.88 Å². The predicted molar refractivity (Wildman–Crippen MR) is 77.7 cm³/mol. The van der Waals surface area contributed by atoms with E-state index in [9.17, 15) is 4.79 Å². The fraction of sp³-hybridized carbons (Fsp3) is 0.214. The van der Waals surface area contributed by atoms with Crippen LogP contribution in [-0.4, -0.2) is 12.9 Å². The first-order valence-corrected chi connectivity index (χ1v) is 7.27. The van der Waals surface area contributed by atoms with Gasteiger partial charge in [-0.05, 0) is 36.1 Å². The summed E-state index contributed by atoms with van der Waals surface area (Å²) >= 11 is 5.09. The lowest BCUT2D eigenvalue weighted by Crippen LogP contribution is -2.02. The van der Waals surface area contributed by atoms with Crippen LogP contribution >= 0.6 is 27.3 Å². The molecule has 4 heteroatoms. The van der Waals surface area contributed by atoms with Crippen LogP contribution in [-0.2, 0) is 6.42 Å². The van der Waals surface area contributed by atoms with Crippen molar-refractivity contribution >= 4 is 33.0 Å². The molecule has 0 fully saturated rings. The smallest absolute Gasteiger partial charge is 0.164 e. The number of aryl methyl sites for hydroxylation is 1. The highest BCUT2D eigenvalue weighted by atomic mass is 79.9. The molecule has 1 heterocycles. The maximum Gasteiger partial charge on any atom is 0.164 e. The normalized spacial score (nSPS) is 10.3. The summed E-state index contributed by atoms with van der Waals surface area (Å²) in [4.78, 5) is 13.4. The van der Waals surface area contributed by atoms with Crippen molar-refractivity contribution in [2.45, 2.75) is 12.8 Å². The zero-order valence-electron chi connectivity index (χ0n) is 9.98. The summed E-state index contributed by atoms with van der Waals surface area (Å²) in [6.45, 7) is 0. The molecule has 0 aliphatic heterocycles. The average molecular weight is 325 g/mol. The molecule has 0 saturated carbocycles. The molecule has 2 rings (SSSR count). The lowest BCUT2D eigenvalue weighted by atomic mass is 10.1. The minimum atomic E-state index is 0.133. The number of methoxy groups -OCH3 is 1. The second-order valence-electron chi connectivity index (χ2n) is 3.85. The van der Waals surface area contributed by atoms with Crippen LogP contribution in [0, 0.1) is 0 Å². The number of thiophene rings is 1. The Bertz CT molecular complexity index is 535. The van der Waals surface area contributed by atoms with Crippen LogP contribution in [0.25, 0.3) is 0 Å². The Kier molecular flexibility index (Phi) is 4.55. The summed E-state index contributed by atoms with van der Waals surface area (Å²) < 4.78 is 5.96. The van der Waals surface area contributed by atoms with E-state index in [1.807, 2.05) is 23.6 Å². The van der Waals surface area contributed by atoms with E-state index >= 15 is 0 Å². The summed E-state index contributed by atoms with van der Waals surface area (Å²) in [6.07, 6.45) is 1.31. The summed E-state index contributed by atoms with van der Waals surface area (Å²) in [5.41, 5.74) is 0.686. The third kappa shape index (κ3) is 3.21. The first kappa shape index (κ1) is 13.3. The van der Waals surface area contributed by atoms with Gasteiger partial charge in [0.05, 0.1) is 7.11 Å². The van der Waals surface area contributed by atoms with Gasteiger partial charge in [0.25, 0.3) is 0 Å². The van der Waals surface area contributed by atoms with E-state index in [0.29, 0.717) is 17.7 Å². The predicted octanol–water partition coefficient (Wildman–Crippen LogP) is 4.33. The number of ketones is 1. The standard InChI is InChI=1S/C14H13BrO2S/c1-17-10-4-6-13(15)12(9-10)14(16)7-5-11-3-2-8-18-11/h2-4,6,8-9H,5,7H2,1H3. The van der Waals surface area contributed by atoms with Crippen LogP contribution in [0.2, 0.25) is 0 Å². The number of carbonyl (C=O) groups is 1. The maximum absolute atomic E-state index is 12.1. The van der Waals surface area contributed by atoms with E-state index in [2.05, 4.69) is 22.0 Å². The van der Waals surface area contributed by atoms with Gasteiger partial charge in [0.15, 0.2) is 5.78 Å². The van der Waals surface area contributed by atoms with Crippen molar-refractivity contribution in [3.8, 4) is 5.75 Å². The van der Waals surface area contributed by atoms with Gasteiger partial charge in [-0.2, -0.15) is 0 Å². The summed E-state index contributed by atoms with van der Waals surface area (Å²) in [5.74, 6) is 0.840. The third-order valence-corrected chi connectivity index (χ3v) is 4.28. The molecule has 2 aromatic rings. The zero-order valence-corrected chi connectivity index (χ0v) is 12.4. The molecule has 0 unspecified atom stereocenters. The fourth-order valence-electron chi connectivity index (χ4n) is 1.67. The largest absolute Gasteiger partial charge is 0.497 e. The molecular formula is C14H13BrO2S. The van der Waals surface area contributed by atoms with E-state index in [-0.39, 0.29) is 5.78 Å². The molecule has 0 atom stereocenters. The summed E-state index contributed by atoms with van der Waals surface area (Å²) in [6, 6.07) is 9.52. The molecule has 1 aromatic heterocycles. The van der Waals surface area contributed by atoms with Gasteiger partial charge in [-0.15, -0.1) is 11.3 Å². The Morgan fingerprint density at radius 2 is 2.22 bits per heavy atom. The molecule has 0 radical (unpaired) electrons. The van der Waals surface area contributed by atoms with Crippen molar-refractivity contribution in [3.05, 3.63) is 50.6 Å². The van der Waals surface area contributed by atoms with Gasteiger partial charge in [-0.3, -0.25) is 4.79 Å². The van der Waals surface area contributed by atoms with Crippen LogP contribution in [0.1, 0.15) is 21.7 Å². The van der Waals surface area contributed by atoms with Gasteiger partial charge in [0.2, 0.25) is 0 Å². The Balaban J connectivity index is 2.08. The van der Waals surface area contributed by atoms with Crippen LogP contribution < -0.4 is 4.74 Å². The zero-order chi connectivity index (χ0) is 13.0. The first-order valence-electron chi connectivity index (χ1n) is 5.60. The second kappa shape index (κ2) is 6.16. The highest BCUT2D eigenvalue weighted by Gasteiger charge is 2.11. The monoisotopic (exact) mass is 324 g/mol. The maximum atomic E-state index is 12.1. The number of hydrogen-bond donors (Lipinski definition) is 0. The molecule has 0 saturated heterocycles. The van der Waals surface area contributed by atoms with Gasteiger partial charge in [0, 0.05) is 21.3 Å². The van der Waals surface area contributed by atoms with Crippen molar-refractivity contribution in [2.75, 3.05) is 7.11 Å². The van der Waals surface area contributed by atoms with Crippen LogP contribution in [0.15, 0.2) is 40.2 Å². The molecule has 0 N–H and O–H groups in total.